The zero-order chi connectivity index (χ0) is 76.3. The lowest BCUT2D eigenvalue weighted by atomic mass is 9.99. The fourth-order valence-electron chi connectivity index (χ4n) is 18.1. The van der Waals surface area contributed by atoms with Crippen LogP contribution in [0.25, 0.3) is 221 Å². The molecule has 0 unspecified atom stereocenters. The molecule has 0 aliphatic heterocycles. The van der Waals surface area contributed by atoms with Gasteiger partial charge in [0, 0.05) is 87.6 Å². The highest BCUT2D eigenvalue weighted by Crippen LogP contribution is 2.45. The predicted octanol–water partition coefficient (Wildman–Crippen LogP) is 28.0. The molecule has 8 heteroatoms. The van der Waals surface area contributed by atoms with E-state index in [9.17, 15) is 0 Å². The van der Waals surface area contributed by atoms with Crippen LogP contribution >= 0.6 is 0 Å². The number of hydrogen-bond donors (Lipinski definition) is 0. The van der Waals surface area contributed by atoms with Crippen molar-refractivity contribution in [1.82, 2.24) is 38.2 Å². The number of nitrogens with zero attached hydrogens (tertiary/aromatic N) is 8. The average molecular weight is 1480 g/mol. The monoisotopic (exact) mass is 1480 g/mol. The Morgan fingerprint density at radius 1 is 0.164 bits per heavy atom. The van der Waals surface area contributed by atoms with Crippen LogP contribution in [0.4, 0.5) is 0 Å². The third-order valence-corrected chi connectivity index (χ3v) is 23.4. The molecule has 0 atom stereocenters. The van der Waals surface area contributed by atoms with Gasteiger partial charge in [-0.2, -0.15) is 0 Å². The molecule has 116 heavy (non-hydrogen) atoms. The fraction of sp³-hybridized carbons (Fsp3) is 0. The first-order chi connectivity index (χ1) is 57.5. The van der Waals surface area contributed by atoms with Gasteiger partial charge in [-0.25, -0.2) is 19.9 Å². The summed E-state index contributed by atoms with van der Waals surface area (Å²) in [4.78, 5) is 20.8. The smallest absolute Gasteiger partial charge is 0.235 e. The van der Waals surface area contributed by atoms with Crippen molar-refractivity contribution in [1.29, 1.82) is 0 Å². The number of benzene rings is 18. The van der Waals surface area contributed by atoms with Crippen LogP contribution in [-0.2, 0) is 0 Å². The maximum atomic E-state index is 5.42. The first-order valence-corrected chi connectivity index (χ1v) is 39.5. The van der Waals surface area contributed by atoms with Crippen molar-refractivity contribution in [2.24, 2.45) is 0 Å². The summed E-state index contributed by atoms with van der Waals surface area (Å²) in [5.74, 6) is 1.37. The Hall–Kier alpha value is -15.6. The van der Waals surface area contributed by atoms with Gasteiger partial charge in [0.05, 0.1) is 66.6 Å². The van der Waals surface area contributed by atoms with Crippen molar-refractivity contribution in [3.8, 4) is 90.3 Å². The van der Waals surface area contributed by atoms with Gasteiger partial charge in [0.25, 0.3) is 0 Å². The van der Waals surface area contributed by atoms with Crippen molar-refractivity contribution in [2.75, 3.05) is 0 Å². The molecular weight excluding hydrogens is 1410 g/mol. The summed E-state index contributed by atoms with van der Waals surface area (Å²) in [6, 6.07) is 148. The van der Waals surface area contributed by atoms with Crippen LogP contribution in [0.2, 0.25) is 0 Å². The highest BCUT2D eigenvalue weighted by molar-refractivity contribution is 6.24. The predicted molar refractivity (Wildman–Crippen MR) is 484 cm³/mol. The van der Waals surface area contributed by atoms with Gasteiger partial charge in [0.1, 0.15) is 0 Å². The number of hydrogen-bond acceptors (Lipinski definition) is 4. The van der Waals surface area contributed by atoms with E-state index < -0.39 is 0 Å². The Bertz CT molecular complexity index is 8040. The molecular formula is C108H68N8. The summed E-state index contributed by atoms with van der Waals surface area (Å²) in [6.07, 6.45) is 0. The Kier molecular flexibility index (Phi) is 15.5. The number of aromatic nitrogens is 8. The Morgan fingerprint density at radius 2 is 0.483 bits per heavy atom. The lowest BCUT2D eigenvalue weighted by molar-refractivity contribution is 1.01. The first kappa shape index (κ1) is 66.2. The maximum absolute atomic E-state index is 5.42. The van der Waals surface area contributed by atoms with Crippen LogP contribution in [0.5, 0.6) is 0 Å². The third kappa shape index (κ3) is 10.9. The topological polar surface area (TPSA) is 71.3 Å². The van der Waals surface area contributed by atoms with E-state index in [0.717, 1.165) is 83.5 Å². The van der Waals surface area contributed by atoms with Crippen LogP contribution in [0.1, 0.15) is 0 Å². The van der Waals surface area contributed by atoms with E-state index in [1.165, 1.54) is 126 Å². The fourth-order valence-corrected chi connectivity index (χ4v) is 18.1. The summed E-state index contributed by atoms with van der Waals surface area (Å²) < 4.78 is 9.40. The van der Waals surface area contributed by atoms with Gasteiger partial charge >= 0.3 is 0 Å². The molecule has 6 heterocycles. The van der Waals surface area contributed by atoms with Gasteiger partial charge in [0.15, 0.2) is 5.82 Å². The molecule has 8 nitrogen and oxygen atoms in total. The highest BCUT2D eigenvalue weighted by Gasteiger charge is 2.24. The molecule has 0 aliphatic rings. The van der Waals surface area contributed by atoms with Gasteiger partial charge in [-0.1, -0.05) is 279 Å². The molecule has 0 fully saturated rings. The zero-order valence-corrected chi connectivity index (χ0v) is 62.8. The molecule has 540 valence electrons. The first-order valence-electron chi connectivity index (χ1n) is 39.5. The molecule has 0 N–H and O–H groups in total. The highest BCUT2D eigenvalue weighted by atomic mass is 15.2. The van der Waals surface area contributed by atoms with E-state index in [1.54, 1.807) is 0 Å². The summed E-state index contributed by atoms with van der Waals surface area (Å²) in [6.45, 7) is 0. The van der Waals surface area contributed by atoms with Crippen molar-refractivity contribution < 1.29 is 0 Å². The number of rotatable bonds is 10. The minimum absolute atomic E-state index is 0.652. The molecule has 0 amide bonds. The molecule has 24 aromatic rings. The second kappa shape index (κ2) is 27.1. The lowest BCUT2D eigenvalue weighted by Gasteiger charge is -2.12. The zero-order valence-electron chi connectivity index (χ0n) is 62.8. The SMILES string of the molecule is c1ccc(-c2ccc(-c3nc(-n4c5ccc(-c6ccc7c(c6)c6ccccc6n7-c6ccccc6)cc5c5c6ccccc6ccc54)nc4ccccc34)cc2)cc1.c1ccc(-c2nc(-c3ccc(-n4c5ccccc5c5cc(-c6ccc7c(c6)c6c8ccccc8ccc6n7-c6ccccc6)ccc54)cc3)nc3ccccc23)cc1. The largest absolute Gasteiger partial charge is 0.309 e. The minimum atomic E-state index is 0.652. The molecule has 6 aromatic heterocycles. The summed E-state index contributed by atoms with van der Waals surface area (Å²) in [7, 11) is 0. The van der Waals surface area contributed by atoms with Crippen LogP contribution in [0.15, 0.2) is 413 Å². The minimum Gasteiger partial charge on any atom is -0.309 e. The molecule has 0 spiro atoms. The summed E-state index contributed by atoms with van der Waals surface area (Å²) in [5.41, 5.74) is 26.6. The van der Waals surface area contributed by atoms with E-state index in [2.05, 4.69) is 413 Å². The van der Waals surface area contributed by atoms with E-state index >= 15 is 0 Å². The van der Waals surface area contributed by atoms with E-state index in [-0.39, 0.29) is 0 Å². The van der Waals surface area contributed by atoms with E-state index in [4.69, 9.17) is 19.9 Å². The molecule has 18 aromatic carbocycles. The van der Waals surface area contributed by atoms with Crippen LogP contribution in [0, 0.1) is 0 Å². The maximum Gasteiger partial charge on any atom is 0.235 e. The van der Waals surface area contributed by atoms with Crippen LogP contribution in [0.3, 0.4) is 0 Å². The second-order valence-electron chi connectivity index (χ2n) is 30.0. The molecule has 0 radical (unpaired) electrons. The Labute approximate surface area is 667 Å². The van der Waals surface area contributed by atoms with Gasteiger partial charge in [-0.15, -0.1) is 0 Å². The second-order valence-corrected chi connectivity index (χ2v) is 30.0. The molecule has 0 saturated carbocycles. The summed E-state index contributed by atoms with van der Waals surface area (Å²) in [5, 5.41) is 16.8. The van der Waals surface area contributed by atoms with Crippen molar-refractivity contribution in [2.45, 2.75) is 0 Å². The standard InChI is InChI=1S/2C54H34N4/c1-3-14-36(15-4-1)53-44-20-9-11-21-47(44)55-54(56-53)37-23-28-41(29-24-37)57-48-22-12-10-19-43(48)45-33-38(26-30-49(45)57)39-27-31-50-46(34-39)52-42-18-8-7-13-35(42)25-32-51(52)58(50)40-16-5-2-6-17-40;1-3-13-35(14-4-1)36-23-25-38(26-24-36)53-44-20-9-11-21-47(44)55-54(56-53)58-50-31-29-40(34-46(50)52-42-18-8-7-15-37(42)27-32-51(52)58)39-28-30-49-45(33-39)43-19-10-12-22-48(43)57(49)41-16-5-2-6-17-41/h2*1-34H. The van der Waals surface area contributed by atoms with Gasteiger partial charge in [0.2, 0.25) is 5.95 Å². The van der Waals surface area contributed by atoms with Gasteiger partial charge in [-0.05, 0) is 188 Å². The molecule has 24 rings (SSSR count). The Balaban J connectivity index is 0.000000137. The average Bonchev–Trinajstić information content (AvgIpc) is 1.57. The number of fused-ring (bicyclic) bond motifs is 18. The normalized spacial score (nSPS) is 11.8. The quantitative estimate of drug-likeness (QED) is 0.137. The van der Waals surface area contributed by atoms with Crippen molar-refractivity contribution in [3.05, 3.63) is 413 Å². The van der Waals surface area contributed by atoms with Crippen molar-refractivity contribution in [3.63, 3.8) is 0 Å². The van der Waals surface area contributed by atoms with E-state index in [0.29, 0.717) is 11.8 Å². The van der Waals surface area contributed by atoms with Gasteiger partial charge in [-0.3, -0.25) is 4.57 Å². The van der Waals surface area contributed by atoms with E-state index in [1.807, 2.05) is 18.2 Å². The van der Waals surface area contributed by atoms with Crippen LogP contribution < -0.4 is 0 Å². The van der Waals surface area contributed by atoms with Crippen molar-refractivity contribution >= 4 is 131 Å². The Morgan fingerprint density at radius 3 is 1.00 bits per heavy atom. The molecule has 0 saturated heterocycles. The van der Waals surface area contributed by atoms with Crippen LogP contribution in [-0.4, -0.2) is 38.2 Å². The lowest BCUT2D eigenvalue weighted by Crippen LogP contribution is -2.03. The summed E-state index contributed by atoms with van der Waals surface area (Å²) >= 11 is 0. The molecule has 0 aliphatic carbocycles. The molecule has 0 bridgehead atoms. The number of para-hydroxylation sites is 6. The third-order valence-electron chi connectivity index (χ3n) is 23.4. The van der Waals surface area contributed by atoms with Gasteiger partial charge < -0.3 is 13.7 Å².